The number of nitrogens with one attached hydrogen (secondary N) is 2. The number of aliphatic hydroxyl groups is 1. The third kappa shape index (κ3) is 6.63. The number of hydrogen-bond donors (Lipinski definition) is 4. The van der Waals surface area contributed by atoms with E-state index in [-0.39, 0.29) is 36.1 Å². The lowest BCUT2D eigenvalue weighted by molar-refractivity contribution is -0.147. The van der Waals surface area contributed by atoms with Crippen molar-refractivity contribution >= 4 is 29.5 Å². The molecule has 1 saturated heterocycles. The van der Waals surface area contributed by atoms with E-state index in [9.17, 15) is 24.6 Å². The summed E-state index contributed by atoms with van der Waals surface area (Å²) in [5, 5.41) is 27.2. The van der Waals surface area contributed by atoms with Gasteiger partial charge in [0.2, 0.25) is 5.91 Å². The highest BCUT2D eigenvalue weighted by Gasteiger charge is 2.49. The molecular formula is C30H34N4O5S. The van der Waals surface area contributed by atoms with Crippen molar-refractivity contribution in [1.82, 2.24) is 20.5 Å². The van der Waals surface area contributed by atoms with Gasteiger partial charge in [-0.15, -0.1) is 11.8 Å². The predicted octanol–water partition coefficient (Wildman–Crippen LogP) is 2.79. The first-order chi connectivity index (χ1) is 19.1. The van der Waals surface area contributed by atoms with Crippen LogP contribution in [0.15, 0.2) is 73.1 Å². The van der Waals surface area contributed by atoms with Gasteiger partial charge in [-0.2, -0.15) is 0 Å². The van der Waals surface area contributed by atoms with Crippen LogP contribution in [-0.4, -0.2) is 66.6 Å². The number of aromatic hydroxyl groups is 1. The van der Waals surface area contributed by atoms with Gasteiger partial charge < -0.3 is 25.7 Å². The minimum atomic E-state index is -1.62. The van der Waals surface area contributed by atoms with Crippen molar-refractivity contribution in [1.29, 1.82) is 0 Å². The number of phenolic OH excluding ortho intramolecular Hbond substituents is 1. The number of nitrogens with zero attached hydrogens (tertiary/aromatic N) is 2. The molecule has 4 rings (SSSR count). The molecule has 1 aliphatic rings. The summed E-state index contributed by atoms with van der Waals surface area (Å²) in [4.78, 5) is 45.7. The number of pyridine rings is 1. The molecule has 3 amide bonds. The second-order valence-corrected chi connectivity index (χ2v) is 11.9. The van der Waals surface area contributed by atoms with Crippen LogP contribution >= 0.6 is 11.8 Å². The van der Waals surface area contributed by atoms with Gasteiger partial charge in [-0.1, -0.05) is 36.4 Å². The molecule has 10 heteroatoms. The van der Waals surface area contributed by atoms with E-state index < -0.39 is 34.7 Å². The molecule has 9 nitrogen and oxygen atoms in total. The maximum Gasteiger partial charge on any atom is 0.254 e. The van der Waals surface area contributed by atoms with Gasteiger partial charge in [0, 0.05) is 34.8 Å². The molecule has 0 bridgehead atoms. The molecule has 4 N–H and O–H groups in total. The topological polar surface area (TPSA) is 132 Å². The minimum absolute atomic E-state index is 0.0270. The van der Waals surface area contributed by atoms with E-state index in [1.54, 1.807) is 43.6 Å². The molecule has 1 aliphatic heterocycles. The monoisotopic (exact) mass is 562 g/mol. The smallest absolute Gasteiger partial charge is 0.254 e. The number of phenols is 1. The third-order valence-electron chi connectivity index (χ3n) is 7.09. The van der Waals surface area contributed by atoms with Crippen molar-refractivity contribution in [2.45, 2.75) is 56.7 Å². The second kappa shape index (κ2) is 12.5. The molecule has 3 aromatic rings. The van der Waals surface area contributed by atoms with Crippen LogP contribution in [0.25, 0.3) is 0 Å². The summed E-state index contributed by atoms with van der Waals surface area (Å²) in [5.41, 5.74) is 2.32. The Labute approximate surface area is 238 Å². The second-order valence-electron chi connectivity index (χ2n) is 10.3. The fourth-order valence-corrected chi connectivity index (χ4v) is 5.91. The van der Waals surface area contributed by atoms with Crippen molar-refractivity contribution in [3.05, 3.63) is 95.3 Å². The maximum atomic E-state index is 13.8. The molecule has 0 spiro atoms. The van der Waals surface area contributed by atoms with E-state index >= 15 is 0 Å². The van der Waals surface area contributed by atoms with E-state index in [2.05, 4.69) is 15.6 Å². The zero-order chi connectivity index (χ0) is 28.9. The highest BCUT2D eigenvalue weighted by molar-refractivity contribution is 8.00. The fraction of sp³-hybridized carbons (Fsp3) is 0.333. The number of rotatable bonds is 9. The van der Waals surface area contributed by atoms with Gasteiger partial charge in [0.15, 0.2) is 6.10 Å². The van der Waals surface area contributed by atoms with Crippen molar-refractivity contribution in [3.63, 3.8) is 0 Å². The number of amides is 3. The van der Waals surface area contributed by atoms with Crippen LogP contribution in [0.4, 0.5) is 0 Å². The predicted molar refractivity (Wildman–Crippen MR) is 154 cm³/mol. The van der Waals surface area contributed by atoms with Gasteiger partial charge in [-0.05, 0) is 62.6 Å². The zero-order valence-corrected chi connectivity index (χ0v) is 23.5. The average molecular weight is 563 g/mol. The highest BCUT2D eigenvalue weighted by atomic mass is 32.2. The van der Waals surface area contributed by atoms with Crippen LogP contribution in [0, 0.1) is 6.92 Å². The molecule has 1 fully saturated rings. The minimum Gasteiger partial charge on any atom is -0.508 e. The van der Waals surface area contributed by atoms with Gasteiger partial charge in [0.1, 0.15) is 11.8 Å². The number of benzene rings is 2. The van der Waals surface area contributed by atoms with E-state index in [4.69, 9.17) is 0 Å². The number of carbonyl (C=O) groups is 3. The lowest BCUT2D eigenvalue weighted by Gasteiger charge is -2.33. The summed E-state index contributed by atoms with van der Waals surface area (Å²) in [7, 11) is 0. The van der Waals surface area contributed by atoms with Gasteiger partial charge >= 0.3 is 0 Å². The van der Waals surface area contributed by atoms with Crippen LogP contribution in [0.3, 0.4) is 0 Å². The molecule has 0 aliphatic carbocycles. The van der Waals surface area contributed by atoms with E-state index in [0.717, 1.165) is 11.1 Å². The number of carbonyl (C=O) groups excluding carboxylic acids is 3. The number of hydrogen-bond acceptors (Lipinski definition) is 7. The summed E-state index contributed by atoms with van der Waals surface area (Å²) in [6, 6.07) is 15.6. The molecule has 210 valence electrons. The Bertz CT molecular complexity index is 1350. The van der Waals surface area contributed by atoms with E-state index in [1.165, 1.54) is 22.7 Å². The standard InChI is InChI=1S/C30H34N4O5S/c1-19-22(10-7-11-24(19)35)27(37)33-23(16-20-8-5-4-6-9-20)25(36)29(39)34-18-40-30(2,3)26(34)28(38)32-17-21-12-14-31-15-13-21/h4-15,23,25-26,35-36H,16-18H2,1-3H3,(H,32,38)(H,33,37). The average Bonchev–Trinajstić information content (AvgIpc) is 3.27. The quantitative estimate of drug-likeness (QED) is 0.315. The molecule has 40 heavy (non-hydrogen) atoms. The van der Waals surface area contributed by atoms with Gasteiger partial charge in [0.05, 0.1) is 11.9 Å². The number of aliphatic hydroxyl groups excluding tert-OH is 1. The Morgan fingerprint density at radius 1 is 1.05 bits per heavy atom. The Morgan fingerprint density at radius 3 is 2.45 bits per heavy atom. The van der Waals surface area contributed by atoms with Crippen LogP contribution in [0.2, 0.25) is 0 Å². The SMILES string of the molecule is Cc1c(O)cccc1C(=O)NC(Cc1ccccc1)C(O)C(=O)N1CSC(C)(C)C1C(=O)NCc1ccncc1. The molecular weight excluding hydrogens is 528 g/mol. The van der Waals surface area contributed by atoms with E-state index in [0.29, 0.717) is 5.56 Å². The van der Waals surface area contributed by atoms with Crippen LogP contribution < -0.4 is 10.6 Å². The summed E-state index contributed by atoms with van der Waals surface area (Å²) in [6.07, 6.45) is 1.85. The van der Waals surface area contributed by atoms with E-state index in [1.807, 2.05) is 44.2 Å². The van der Waals surface area contributed by atoms with Gasteiger partial charge in [-0.25, -0.2) is 0 Å². The van der Waals surface area contributed by atoms with Crippen LogP contribution in [-0.2, 0) is 22.6 Å². The Hall–Kier alpha value is -3.89. The molecule has 2 aromatic carbocycles. The number of thioether (sulfide) groups is 1. The molecule has 3 unspecified atom stereocenters. The molecule has 3 atom stereocenters. The lowest BCUT2D eigenvalue weighted by atomic mass is 9.96. The van der Waals surface area contributed by atoms with Crippen LogP contribution in [0.1, 0.15) is 40.9 Å². The summed E-state index contributed by atoms with van der Waals surface area (Å²) >= 11 is 1.45. The lowest BCUT2D eigenvalue weighted by Crippen LogP contribution is -2.58. The zero-order valence-electron chi connectivity index (χ0n) is 22.7. The third-order valence-corrected chi connectivity index (χ3v) is 8.47. The molecule has 0 saturated carbocycles. The van der Waals surface area contributed by atoms with Crippen molar-refractivity contribution in [2.75, 3.05) is 5.88 Å². The van der Waals surface area contributed by atoms with Crippen molar-refractivity contribution in [3.8, 4) is 5.75 Å². The summed E-state index contributed by atoms with van der Waals surface area (Å²) < 4.78 is -0.603. The van der Waals surface area contributed by atoms with Gasteiger partial charge in [-0.3, -0.25) is 19.4 Å². The summed E-state index contributed by atoms with van der Waals surface area (Å²) in [6.45, 7) is 5.68. The first-order valence-electron chi connectivity index (χ1n) is 13.0. The molecule has 1 aromatic heterocycles. The molecule has 0 radical (unpaired) electrons. The Morgan fingerprint density at radius 2 is 1.75 bits per heavy atom. The number of aromatic nitrogens is 1. The Kier molecular flexibility index (Phi) is 9.11. The highest BCUT2D eigenvalue weighted by Crippen LogP contribution is 2.40. The van der Waals surface area contributed by atoms with Gasteiger partial charge in [0.25, 0.3) is 11.8 Å². The van der Waals surface area contributed by atoms with Crippen LogP contribution in [0.5, 0.6) is 5.75 Å². The fourth-order valence-electron chi connectivity index (χ4n) is 4.77. The first kappa shape index (κ1) is 29.1. The normalized spacial score (nSPS) is 17.6. The first-order valence-corrected chi connectivity index (χ1v) is 14.0. The maximum absolute atomic E-state index is 13.8. The van der Waals surface area contributed by atoms with Crippen molar-refractivity contribution < 1.29 is 24.6 Å². The Balaban J connectivity index is 1.56. The molecule has 2 heterocycles. The largest absolute Gasteiger partial charge is 0.508 e. The summed E-state index contributed by atoms with van der Waals surface area (Å²) in [5.74, 6) is -1.30. The van der Waals surface area contributed by atoms with Crippen molar-refractivity contribution in [2.24, 2.45) is 0 Å².